The average molecular weight is 380 g/mol. The van der Waals surface area contributed by atoms with Crippen LogP contribution in [0.2, 0.25) is 0 Å². The highest BCUT2D eigenvalue weighted by Gasteiger charge is 2.17. The van der Waals surface area contributed by atoms with Crippen molar-refractivity contribution in [3.63, 3.8) is 0 Å². The summed E-state index contributed by atoms with van der Waals surface area (Å²) in [6.45, 7) is 1.24. The van der Waals surface area contributed by atoms with Crippen molar-refractivity contribution < 1.29 is 23.5 Å². The molecule has 0 saturated carbocycles. The van der Waals surface area contributed by atoms with Crippen molar-refractivity contribution in [2.24, 2.45) is 0 Å². The predicted octanol–water partition coefficient (Wildman–Crippen LogP) is 3.98. The quantitative estimate of drug-likeness (QED) is 0.671. The Balaban J connectivity index is 1.98. The van der Waals surface area contributed by atoms with Gasteiger partial charge in [-0.2, -0.15) is 0 Å². The van der Waals surface area contributed by atoms with Crippen molar-refractivity contribution in [2.75, 3.05) is 17.7 Å². The lowest BCUT2D eigenvalue weighted by atomic mass is 10.0. The standard InChI is InChI=1S/C21H17FN2O4/c1-12(25)23-19-11-15(7-8-17(19)22)20(26)24-18-10-14-6-4-3-5-13(14)9-16(18)21(27)28-2/h3-11H,1-2H3,(H,23,25)(H,24,26). The molecule has 7 heteroatoms. The summed E-state index contributed by atoms with van der Waals surface area (Å²) in [7, 11) is 1.25. The Morgan fingerprint density at radius 2 is 1.57 bits per heavy atom. The van der Waals surface area contributed by atoms with Crippen molar-refractivity contribution in [3.8, 4) is 0 Å². The number of nitrogens with one attached hydrogen (secondary N) is 2. The van der Waals surface area contributed by atoms with Crippen LogP contribution < -0.4 is 10.6 Å². The van der Waals surface area contributed by atoms with Crippen LogP contribution >= 0.6 is 0 Å². The molecule has 0 heterocycles. The number of methoxy groups -OCH3 is 1. The van der Waals surface area contributed by atoms with Gasteiger partial charge in [-0.1, -0.05) is 24.3 Å². The number of amides is 2. The van der Waals surface area contributed by atoms with Crippen LogP contribution in [0.4, 0.5) is 15.8 Å². The molecule has 0 aliphatic rings. The molecule has 0 aliphatic heterocycles. The molecular weight excluding hydrogens is 363 g/mol. The first kappa shape index (κ1) is 19.0. The SMILES string of the molecule is COC(=O)c1cc2ccccc2cc1NC(=O)c1ccc(F)c(NC(C)=O)c1. The maximum Gasteiger partial charge on any atom is 0.339 e. The molecule has 0 spiro atoms. The summed E-state index contributed by atoms with van der Waals surface area (Å²) in [5.74, 6) is -2.28. The van der Waals surface area contributed by atoms with Gasteiger partial charge in [0.05, 0.1) is 24.0 Å². The second-order valence-electron chi connectivity index (χ2n) is 6.07. The molecule has 3 aromatic carbocycles. The number of carbonyl (C=O) groups excluding carboxylic acids is 3. The Hall–Kier alpha value is -3.74. The summed E-state index contributed by atoms with van der Waals surface area (Å²) in [5.41, 5.74) is 0.473. The Bertz CT molecular complexity index is 1090. The van der Waals surface area contributed by atoms with Gasteiger partial charge < -0.3 is 15.4 Å². The number of hydrogen-bond acceptors (Lipinski definition) is 4. The highest BCUT2D eigenvalue weighted by molar-refractivity contribution is 6.10. The Labute approximate surface area is 160 Å². The van der Waals surface area contributed by atoms with Gasteiger partial charge in [0.15, 0.2) is 0 Å². The lowest BCUT2D eigenvalue weighted by Gasteiger charge is -2.12. The molecule has 0 bridgehead atoms. The van der Waals surface area contributed by atoms with E-state index in [9.17, 15) is 18.8 Å². The largest absolute Gasteiger partial charge is 0.465 e. The first-order valence-electron chi connectivity index (χ1n) is 8.38. The van der Waals surface area contributed by atoms with Gasteiger partial charge in [-0.25, -0.2) is 9.18 Å². The number of esters is 1. The van der Waals surface area contributed by atoms with Crippen LogP contribution in [0, 0.1) is 5.82 Å². The van der Waals surface area contributed by atoms with Crippen molar-refractivity contribution in [2.45, 2.75) is 6.92 Å². The number of hydrogen-bond donors (Lipinski definition) is 2. The summed E-state index contributed by atoms with van der Waals surface area (Å²) in [6.07, 6.45) is 0. The molecule has 3 rings (SSSR count). The Morgan fingerprint density at radius 1 is 0.893 bits per heavy atom. The highest BCUT2D eigenvalue weighted by Crippen LogP contribution is 2.26. The fourth-order valence-electron chi connectivity index (χ4n) is 2.77. The van der Waals surface area contributed by atoms with E-state index in [1.165, 1.54) is 26.2 Å². The zero-order valence-electron chi connectivity index (χ0n) is 15.2. The molecule has 2 N–H and O–H groups in total. The van der Waals surface area contributed by atoms with Crippen LogP contribution in [-0.2, 0) is 9.53 Å². The highest BCUT2D eigenvalue weighted by atomic mass is 19.1. The zero-order chi connectivity index (χ0) is 20.3. The number of anilines is 2. The molecule has 0 radical (unpaired) electrons. The van der Waals surface area contributed by atoms with E-state index in [2.05, 4.69) is 10.6 Å². The van der Waals surface area contributed by atoms with Gasteiger partial charge in [0.2, 0.25) is 5.91 Å². The van der Waals surface area contributed by atoms with Crippen LogP contribution in [0.15, 0.2) is 54.6 Å². The van der Waals surface area contributed by atoms with E-state index < -0.39 is 23.6 Å². The van der Waals surface area contributed by atoms with Gasteiger partial charge in [0.25, 0.3) is 5.91 Å². The number of rotatable bonds is 4. The second kappa shape index (κ2) is 7.87. The van der Waals surface area contributed by atoms with Crippen molar-refractivity contribution in [1.82, 2.24) is 0 Å². The molecule has 2 amide bonds. The number of ether oxygens (including phenoxy) is 1. The third-order valence-corrected chi connectivity index (χ3v) is 4.08. The maximum atomic E-state index is 13.8. The molecule has 6 nitrogen and oxygen atoms in total. The van der Waals surface area contributed by atoms with E-state index in [1.54, 1.807) is 12.1 Å². The molecule has 142 valence electrons. The normalized spacial score (nSPS) is 10.4. The summed E-state index contributed by atoms with van der Waals surface area (Å²) >= 11 is 0. The van der Waals surface area contributed by atoms with Gasteiger partial charge in [0.1, 0.15) is 5.82 Å². The van der Waals surface area contributed by atoms with Gasteiger partial charge in [-0.15, -0.1) is 0 Å². The molecule has 0 aliphatic carbocycles. The summed E-state index contributed by atoms with van der Waals surface area (Å²) < 4.78 is 18.6. The molecule has 28 heavy (non-hydrogen) atoms. The zero-order valence-corrected chi connectivity index (χ0v) is 15.2. The van der Waals surface area contributed by atoms with Gasteiger partial charge >= 0.3 is 5.97 Å². The fourth-order valence-corrected chi connectivity index (χ4v) is 2.77. The molecule has 0 atom stereocenters. The smallest absolute Gasteiger partial charge is 0.339 e. The molecule has 0 unspecified atom stereocenters. The van der Waals surface area contributed by atoms with E-state index in [0.29, 0.717) is 0 Å². The van der Waals surface area contributed by atoms with E-state index >= 15 is 0 Å². The second-order valence-corrected chi connectivity index (χ2v) is 6.07. The average Bonchev–Trinajstić information content (AvgIpc) is 2.68. The molecule has 3 aromatic rings. The third-order valence-electron chi connectivity index (χ3n) is 4.08. The van der Waals surface area contributed by atoms with Crippen molar-refractivity contribution in [1.29, 1.82) is 0 Å². The number of fused-ring (bicyclic) bond motifs is 1. The van der Waals surface area contributed by atoms with E-state index in [1.807, 2.05) is 24.3 Å². The van der Waals surface area contributed by atoms with Crippen LogP contribution in [0.1, 0.15) is 27.6 Å². The van der Waals surface area contributed by atoms with Crippen LogP contribution in [0.25, 0.3) is 10.8 Å². The lowest BCUT2D eigenvalue weighted by molar-refractivity contribution is -0.114. The first-order valence-corrected chi connectivity index (χ1v) is 8.38. The monoisotopic (exact) mass is 380 g/mol. The minimum Gasteiger partial charge on any atom is -0.465 e. The minimum atomic E-state index is -0.660. The predicted molar refractivity (Wildman–Crippen MR) is 104 cm³/mol. The maximum absolute atomic E-state index is 13.8. The van der Waals surface area contributed by atoms with Gasteiger partial charge in [-0.05, 0) is 41.1 Å². The summed E-state index contributed by atoms with van der Waals surface area (Å²) in [6, 6.07) is 14.3. The molecule has 0 fully saturated rings. The molecular formula is C21H17FN2O4. The minimum absolute atomic E-state index is 0.105. The Morgan fingerprint density at radius 3 is 2.21 bits per heavy atom. The van der Waals surface area contributed by atoms with Crippen LogP contribution in [0.5, 0.6) is 0 Å². The Kier molecular flexibility index (Phi) is 5.35. The molecule has 0 aromatic heterocycles. The number of carbonyl (C=O) groups is 3. The van der Waals surface area contributed by atoms with E-state index in [-0.39, 0.29) is 22.5 Å². The van der Waals surface area contributed by atoms with Crippen LogP contribution in [0.3, 0.4) is 0 Å². The van der Waals surface area contributed by atoms with Crippen molar-refractivity contribution >= 4 is 39.9 Å². The summed E-state index contributed by atoms with van der Waals surface area (Å²) in [5, 5.41) is 6.62. The first-order chi connectivity index (χ1) is 13.4. The topological polar surface area (TPSA) is 84.5 Å². The molecule has 0 saturated heterocycles. The third kappa shape index (κ3) is 3.98. The van der Waals surface area contributed by atoms with Crippen LogP contribution in [-0.4, -0.2) is 24.9 Å². The van der Waals surface area contributed by atoms with Gasteiger partial charge in [-0.3, -0.25) is 9.59 Å². The number of halogens is 1. The van der Waals surface area contributed by atoms with Gasteiger partial charge in [0, 0.05) is 12.5 Å². The van der Waals surface area contributed by atoms with Crippen molar-refractivity contribution in [3.05, 3.63) is 71.5 Å². The lowest BCUT2D eigenvalue weighted by Crippen LogP contribution is -2.16. The van der Waals surface area contributed by atoms with E-state index in [0.717, 1.165) is 16.8 Å². The number of benzene rings is 3. The fraction of sp³-hybridized carbons (Fsp3) is 0.0952. The van der Waals surface area contributed by atoms with E-state index in [4.69, 9.17) is 4.74 Å². The summed E-state index contributed by atoms with van der Waals surface area (Å²) in [4.78, 5) is 36.0.